The SMILES string of the molecule is O=C(/C=C/c1cccnc1)NCCCCC1CCN(C(=O)c2ccc(N3CCC(N4CCN(C(=O)CCOCCOCCOCCOCCNc5cccc6c5CN(C5CCC(=O)NC5=O)C6=O)CC4)CC3)nc2)CC1. The summed E-state index contributed by atoms with van der Waals surface area (Å²) in [5.41, 5.74) is 3.75. The molecule has 410 valence electrons. The molecule has 1 atom stereocenters. The predicted octanol–water partition coefficient (Wildman–Crippen LogP) is 3.77. The number of likely N-dealkylation sites (tertiary alicyclic amines) is 1. The number of piperidine rings is 3. The second-order valence-corrected chi connectivity index (χ2v) is 20.0. The molecule has 0 aliphatic carbocycles. The van der Waals surface area contributed by atoms with Crippen molar-refractivity contribution in [1.82, 2.24) is 40.2 Å². The Morgan fingerprint density at radius 2 is 1.46 bits per heavy atom. The van der Waals surface area contributed by atoms with Crippen molar-refractivity contribution in [2.45, 2.75) is 82.8 Å². The first-order chi connectivity index (χ1) is 37.2. The van der Waals surface area contributed by atoms with Crippen molar-refractivity contribution in [1.29, 1.82) is 0 Å². The zero-order valence-corrected chi connectivity index (χ0v) is 43.9. The van der Waals surface area contributed by atoms with Crippen molar-refractivity contribution in [2.75, 3.05) is 129 Å². The van der Waals surface area contributed by atoms with Gasteiger partial charge in [-0.05, 0) is 86.4 Å². The van der Waals surface area contributed by atoms with Gasteiger partial charge < -0.3 is 49.2 Å². The number of nitrogens with one attached hydrogen (secondary N) is 3. The third-order valence-corrected chi connectivity index (χ3v) is 15.0. The van der Waals surface area contributed by atoms with Crippen LogP contribution in [0.4, 0.5) is 11.5 Å². The number of imide groups is 1. The lowest BCUT2D eigenvalue weighted by atomic mass is 9.91. The zero-order chi connectivity index (χ0) is 52.9. The molecule has 7 heterocycles. The molecule has 0 saturated carbocycles. The van der Waals surface area contributed by atoms with Crippen molar-refractivity contribution in [2.24, 2.45) is 5.92 Å². The minimum Gasteiger partial charge on any atom is -0.382 e. The molecular weight excluding hydrogens is 973 g/mol. The third-order valence-electron chi connectivity index (χ3n) is 15.0. The van der Waals surface area contributed by atoms with Gasteiger partial charge in [0.1, 0.15) is 11.9 Å². The Balaban J connectivity index is 0.590. The second kappa shape index (κ2) is 29.3. The van der Waals surface area contributed by atoms with E-state index < -0.39 is 11.9 Å². The summed E-state index contributed by atoms with van der Waals surface area (Å²) in [4.78, 5) is 94.6. The standard InChI is InChI=1S/C56H76N10O10/c67-51(13-9-43-6-4-20-57-39-43)59-21-2-1-5-42-15-23-65(24-16-42)55(71)44-10-12-50(60-40-44)63-25-17-45(18-26-63)62-27-29-64(30-28-62)53(69)19-31-73-33-35-75-37-38-76-36-34-74-32-22-58-48-8-3-7-46-47(48)41-66(56(46)72)49-11-14-52(68)61-54(49)70/h3-4,6-10,12-13,20,39-40,42,45,49,58H,1-2,5,11,14-19,21-38,41H2,(H,59,67)(H,61,68,70)/b13-9+. The number of unbranched alkanes of at least 4 members (excludes halogenated alkanes) is 1. The molecule has 20 nitrogen and oxygen atoms in total. The van der Waals surface area contributed by atoms with Crippen molar-refractivity contribution in [3.05, 3.63) is 89.4 Å². The first kappa shape index (κ1) is 55.9. The summed E-state index contributed by atoms with van der Waals surface area (Å²) >= 11 is 0. The number of amides is 6. The van der Waals surface area contributed by atoms with Crippen LogP contribution in [-0.4, -0.2) is 195 Å². The van der Waals surface area contributed by atoms with Gasteiger partial charge in [0.05, 0.1) is 64.8 Å². The van der Waals surface area contributed by atoms with Crippen LogP contribution >= 0.6 is 0 Å². The van der Waals surface area contributed by atoms with E-state index in [-0.39, 0.29) is 36.0 Å². The van der Waals surface area contributed by atoms with Crippen LogP contribution in [0.5, 0.6) is 0 Å². The number of piperazine rings is 1. The minimum absolute atomic E-state index is 0.0507. The van der Waals surface area contributed by atoms with Crippen molar-refractivity contribution in [3.8, 4) is 0 Å². The van der Waals surface area contributed by atoms with E-state index in [0.717, 1.165) is 120 Å². The number of ether oxygens (including phenoxy) is 4. The highest BCUT2D eigenvalue weighted by Crippen LogP contribution is 2.32. The summed E-state index contributed by atoms with van der Waals surface area (Å²) in [5.74, 6) is 0.646. The van der Waals surface area contributed by atoms with Gasteiger partial charge in [-0.15, -0.1) is 0 Å². The van der Waals surface area contributed by atoms with E-state index in [0.29, 0.717) is 108 Å². The van der Waals surface area contributed by atoms with Crippen LogP contribution in [0.2, 0.25) is 0 Å². The molecule has 76 heavy (non-hydrogen) atoms. The topological polar surface area (TPSA) is 217 Å². The largest absolute Gasteiger partial charge is 0.382 e. The van der Waals surface area contributed by atoms with Gasteiger partial charge in [-0.1, -0.05) is 25.0 Å². The lowest BCUT2D eigenvalue weighted by molar-refractivity contribution is -0.137. The van der Waals surface area contributed by atoms with Crippen molar-refractivity contribution in [3.63, 3.8) is 0 Å². The van der Waals surface area contributed by atoms with Crippen molar-refractivity contribution < 1.29 is 47.7 Å². The highest BCUT2D eigenvalue weighted by Gasteiger charge is 2.40. The number of hydrogen-bond donors (Lipinski definition) is 3. The predicted molar refractivity (Wildman–Crippen MR) is 285 cm³/mol. The van der Waals surface area contributed by atoms with Crippen LogP contribution in [0.25, 0.3) is 6.08 Å². The lowest BCUT2D eigenvalue weighted by Crippen LogP contribution is -2.54. The maximum Gasteiger partial charge on any atom is 0.255 e. The molecule has 3 N–H and O–H groups in total. The number of carbonyl (C=O) groups excluding carboxylic acids is 6. The number of aromatic nitrogens is 2. The van der Waals surface area contributed by atoms with E-state index in [1.165, 1.54) is 0 Å². The number of rotatable bonds is 27. The van der Waals surface area contributed by atoms with Gasteiger partial charge in [0.2, 0.25) is 23.6 Å². The number of fused-ring (bicyclic) bond motifs is 1. The smallest absolute Gasteiger partial charge is 0.255 e. The van der Waals surface area contributed by atoms with Gasteiger partial charge in [0.25, 0.3) is 11.8 Å². The third kappa shape index (κ3) is 16.3. The highest BCUT2D eigenvalue weighted by atomic mass is 16.6. The maximum atomic E-state index is 13.4. The van der Waals surface area contributed by atoms with Gasteiger partial charge in [0.15, 0.2) is 0 Å². The number of benzene rings is 1. The quantitative estimate of drug-likeness (QED) is 0.0563. The molecule has 8 rings (SSSR count). The molecule has 3 aromatic rings. The zero-order valence-electron chi connectivity index (χ0n) is 43.9. The first-order valence-corrected chi connectivity index (χ1v) is 27.4. The molecule has 5 aliphatic rings. The monoisotopic (exact) mass is 1050 g/mol. The molecule has 5 aliphatic heterocycles. The number of pyridine rings is 2. The van der Waals surface area contributed by atoms with Crippen LogP contribution in [0.15, 0.2) is 67.1 Å². The van der Waals surface area contributed by atoms with E-state index >= 15 is 0 Å². The fourth-order valence-corrected chi connectivity index (χ4v) is 10.7. The van der Waals surface area contributed by atoms with E-state index in [1.807, 2.05) is 46.2 Å². The normalized spacial score (nSPS) is 18.8. The second-order valence-electron chi connectivity index (χ2n) is 20.0. The van der Waals surface area contributed by atoms with Crippen LogP contribution in [-0.2, 0) is 44.7 Å². The average molecular weight is 1050 g/mol. The Morgan fingerprint density at radius 1 is 0.724 bits per heavy atom. The minimum atomic E-state index is -0.650. The summed E-state index contributed by atoms with van der Waals surface area (Å²) in [5, 5.41) is 8.63. The van der Waals surface area contributed by atoms with Gasteiger partial charge in [-0.25, -0.2) is 4.98 Å². The molecular formula is C56H76N10O10. The van der Waals surface area contributed by atoms with Crippen LogP contribution in [0, 0.1) is 5.92 Å². The molecule has 1 unspecified atom stereocenters. The number of anilines is 2. The van der Waals surface area contributed by atoms with E-state index in [4.69, 9.17) is 23.9 Å². The van der Waals surface area contributed by atoms with Crippen molar-refractivity contribution >= 4 is 53.0 Å². The molecule has 1 aromatic carbocycles. The first-order valence-electron chi connectivity index (χ1n) is 27.4. The Kier molecular flexibility index (Phi) is 21.5. The lowest BCUT2D eigenvalue weighted by Gasteiger charge is -2.43. The summed E-state index contributed by atoms with van der Waals surface area (Å²) in [6, 6.07) is 13.0. The molecule has 0 spiro atoms. The Bertz CT molecular complexity index is 2400. The van der Waals surface area contributed by atoms with E-state index in [2.05, 4.69) is 30.7 Å². The summed E-state index contributed by atoms with van der Waals surface area (Å²) in [6.07, 6.45) is 16.5. The fraction of sp³-hybridized carbons (Fsp3) is 0.571. The Hall–Kier alpha value is -6.32. The molecule has 20 heteroatoms. The van der Waals surface area contributed by atoms with Gasteiger partial charge in [0, 0.05) is 126 Å². The maximum absolute atomic E-state index is 13.4. The molecule has 0 radical (unpaired) electrons. The molecule has 2 aromatic heterocycles. The van der Waals surface area contributed by atoms with Crippen LogP contribution in [0.3, 0.4) is 0 Å². The number of nitrogens with zero attached hydrogens (tertiary/aromatic N) is 7. The Labute approximate surface area is 446 Å². The molecule has 4 fully saturated rings. The highest BCUT2D eigenvalue weighted by molar-refractivity contribution is 6.06. The van der Waals surface area contributed by atoms with Gasteiger partial charge >= 0.3 is 0 Å². The average Bonchev–Trinajstić information content (AvgIpc) is 3.79. The molecule has 4 saturated heterocycles. The van der Waals surface area contributed by atoms with Crippen LogP contribution in [0.1, 0.15) is 96.1 Å². The van der Waals surface area contributed by atoms with Crippen LogP contribution < -0.4 is 20.9 Å². The fourth-order valence-electron chi connectivity index (χ4n) is 10.7. The van der Waals surface area contributed by atoms with Gasteiger partial charge in [-0.2, -0.15) is 0 Å². The summed E-state index contributed by atoms with van der Waals surface area (Å²) < 4.78 is 22.6. The van der Waals surface area contributed by atoms with E-state index in [1.54, 1.807) is 41.7 Å². The summed E-state index contributed by atoms with van der Waals surface area (Å²) in [6.45, 7) is 11.3. The molecule has 6 amide bonds. The molecule has 0 bridgehead atoms. The number of hydrogen-bond acceptors (Lipinski definition) is 15. The van der Waals surface area contributed by atoms with E-state index in [9.17, 15) is 28.8 Å². The summed E-state index contributed by atoms with van der Waals surface area (Å²) in [7, 11) is 0. The Morgan fingerprint density at radius 3 is 2.16 bits per heavy atom. The van der Waals surface area contributed by atoms with Gasteiger partial charge in [-0.3, -0.25) is 44.0 Å². The number of carbonyl (C=O) groups is 6.